The third-order valence-corrected chi connectivity index (χ3v) is 5.27. The molecule has 6 heteroatoms. The Hall–Kier alpha value is -2.63. The van der Waals surface area contributed by atoms with Crippen molar-refractivity contribution in [3.63, 3.8) is 0 Å². The number of fused-ring (bicyclic) bond motifs is 1. The molecule has 1 aromatic carbocycles. The number of nitrogens with zero attached hydrogens (tertiary/aromatic N) is 2. The van der Waals surface area contributed by atoms with E-state index in [0.29, 0.717) is 16.4 Å². The number of nitrogens with one attached hydrogen (secondary N) is 1. The Morgan fingerprint density at radius 1 is 1.15 bits per heavy atom. The molecule has 0 radical (unpaired) electrons. The van der Waals surface area contributed by atoms with Crippen LogP contribution in [0.3, 0.4) is 0 Å². The summed E-state index contributed by atoms with van der Waals surface area (Å²) >= 11 is 7.44. The van der Waals surface area contributed by atoms with Crippen LogP contribution in [0.4, 0.5) is 0 Å². The Labute approximate surface area is 160 Å². The van der Waals surface area contributed by atoms with Crippen LogP contribution in [-0.4, -0.2) is 15.3 Å². The van der Waals surface area contributed by atoms with Gasteiger partial charge in [-0.15, -0.1) is 11.3 Å². The van der Waals surface area contributed by atoms with Gasteiger partial charge in [0.15, 0.2) is 0 Å². The number of pyridine rings is 1. The van der Waals surface area contributed by atoms with Crippen molar-refractivity contribution in [1.29, 1.82) is 0 Å². The average molecular weight is 382 g/mol. The molecule has 1 amide bonds. The molecule has 0 spiro atoms. The maximum absolute atomic E-state index is 12.7. The van der Waals surface area contributed by atoms with Gasteiger partial charge in [0.25, 0.3) is 5.91 Å². The summed E-state index contributed by atoms with van der Waals surface area (Å²) in [5.41, 5.74) is 4.78. The lowest BCUT2D eigenvalue weighted by atomic mass is 10.0. The molecule has 4 aromatic rings. The molecule has 1 N–H and O–H groups in total. The van der Waals surface area contributed by atoms with Gasteiger partial charge < -0.3 is 9.72 Å². The molecule has 0 saturated heterocycles. The fourth-order valence-electron chi connectivity index (χ4n) is 2.80. The van der Waals surface area contributed by atoms with E-state index in [1.54, 1.807) is 12.3 Å². The molecule has 26 heavy (non-hydrogen) atoms. The van der Waals surface area contributed by atoms with Crippen molar-refractivity contribution < 1.29 is 4.79 Å². The van der Waals surface area contributed by atoms with Crippen LogP contribution in [0.1, 0.15) is 20.9 Å². The number of hydrogen-bond donors (Lipinski definition) is 1. The van der Waals surface area contributed by atoms with Gasteiger partial charge >= 0.3 is 0 Å². The van der Waals surface area contributed by atoms with Gasteiger partial charge in [0.1, 0.15) is 5.65 Å². The van der Waals surface area contributed by atoms with Crippen LogP contribution in [-0.2, 0) is 6.54 Å². The Balaban J connectivity index is 1.51. The summed E-state index contributed by atoms with van der Waals surface area (Å²) in [6, 6.07) is 13.8. The lowest BCUT2D eigenvalue weighted by Crippen LogP contribution is -2.22. The van der Waals surface area contributed by atoms with E-state index in [2.05, 4.69) is 22.4 Å². The molecule has 0 atom stereocenters. The second-order valence-electron chi connectivity index (χ2n) is 6.06. The number of aromatic nitrogens is 2. The number of carbonyl (C=O) groups is 1. The smallest absolute Gasteiger partial charge is 0.262 e. The van der Waals surface area contributed by atoms with Crippen molar-refractivity contribution in [2.45, 2.75) is 13.5 Å². The van der Waals surface area contributed by atoms with Gasteiger partial charge in [-0.05, 0) is 36.1 Å². The highest BCUT2D eigenvalue weighted by atomic mass is 35.5. The maximum Gasteiger partial charge on any atom is 0.262 e. The predicted molar refractivity (Wildman–Crippen MR) is 106 cm³/mol. The Morgan fingerprint density at radius 3 is 2.77 bits per heavy atom. The molecule has 0 aliphatic heterocycles. The van der Waals surface area contributed by atoms with Gasteiger partial charge in [-0.25, -0.2) is 4.98 Å². The van der Waals surface area contributed by atoms with E-state index in [9.17, 15) is 4.79 Å². The van der Waals surface area contributed by atoms with E-state index >= 15 is 0 Å². The quantitative estimate of drug-likeness (QED) is 0.543. The zero-order valence-electron chi connectivity index (χ0n) is 14.1. The van der Waals surface area contributed by atoms with Gasteiger partial charge in [-0.1, -0.05) is 41.4 Å². The highest BCUT2D eigenvalue weighted by Gasteiger charge is 2.15. The summed E-state index contributed by atoms with van der Waals surface area (Å²) in [4.78, 5) is 17.9. The topological polar surface area (TPSA) is 46.4 Å². The standard InChI is InChI=1S/C20H16ClN3OS/c1-13-2-4-14(5-3-13)17-8-9-26-19(17)20(25)22-10-16-12-24-11-15(21)6-7-18(24)23-16/h2-9,11-12H,10H2,1H3,(H,22,25). The van der Waals surface area contributed by atoms with Crippen molar-refractivity contribution in [1.82, 2.24) is 14.7 Å². The number of imidazole rings is 1. The minimum Gasteiger partial charge on any atom is -0.346 e. The van der Waals surface area contributed by atoms with E-state index in [4.69, 9.17) is 11.6 Å². The van der Waals surface area contributed by atoms with Gasteiger partial charge in [-0.2, -0.15) is 0 Å². The summed E-state index contributed by atoms with van der Waals surface area (Å²) < 4.78 is 1.85. The van der Waals surface area contributed by atoms with Crippen LogP contribution < -0.4 is 5.32 Å². The first-order chi connectivity index (χ1) is 12.6. The van der Waals surface area contributed by atoms with Crippen molar-refractivity contribution in [2.24, 2.45) is 0 Å². The molecule has 130 valence electrons. The molecule has 0 fully saturated rings. The zero-order chi connectivity index (χ0) is 18.1. The fourth-order valence-corrected chi connectivity index (χ4v) is 3.80. The van der Waals surface area contributed by atoms with Crippen LogP contribution in [0.25, 0.3) is 16.8 Å². The van der Waals surface area contributed by atoms with Crippen molar-refractivity contribution in [3.8, 4) is 11.1 Å². The largest absolute Gasteiger partial charge is 0.346 e. The van der Waals surface area contributed by atoms with Gasteiger partial charge in [0.05, 0.1) is 22.1 Å². The van der Waals surface area contributed by atoms with Gasteiger partial charge in [-0.3, -0.25) is 4.79 Å². The molecule has 4 rings (SSSR count). The third-order valence-electron chi connectivity index (χ3n) is 4.13. The predicted octanol–water partition coefficient (Wildman–Crippen LogP) is 4.95. The second kappa shape index (κ2) is 6.94. The highest BCUT2D eigenvalue weighted by molar-refractivity contribution is 7.12. The molecule has 4 nitrogen and oxygen atoms in total. The lowest BCUT2D eigenvalue weighted by Gasteiger charge is -2.05. The molecule has 0 unspecified atom stereocenters. The van der Waals surface area contributed by atoms with Gasteiger partial charge in [0, 0.05) is 18.0 Å². The Kier molecular flexibility index (Phi) is 4.49. The van der Waals surface area contributed by atoms with Crippen molar-refractivity contribution in [2.75, 3.05) is 0 Å². The third kappa shape index (κ3) is 3.36. The van der Waals surface area contributed by atoms with E-state index in [0.717, 1.165) is 22.5 Å². The molecular weight excluding hydrogens is 366 g/mol. The summed E-state index contributed by atoms with van der Waals surface area (Å²) in [5.74, 6) is -0.0920. The molecular formula is C20H16ClN3OS. The molecule has 0 bridgehead atoms. The molecule has 0 aliphatic carbocycles. The van der Waals surface area contributed by atoms with E-state index in [1.165, 1.54) is 16.9 Å². The summed E-state index contributed by atoms with van der Waals surface area (Å²) in [6.45, 7) is 2.41. The van der Waals surface area contributed by atoms with Crippen LogP contribution in [0.5, 0.6) is 0 Å². The zero-order valence-corrected chi connectivity index (χ0v) is 15.6. The number of amides is 1. The minimum absolute atomic E-state index is 0.0920. The normalized spacial score (nSPS) is 11.0. The first kappa shape index (κ1) is 16.8. The number of halogens is 1. The first-order valence-electron chi connectivity index (χ1n) is 8.16. The maximum atomic E-state index is 12.7. The molecule has 0 saturated carbocycles. The van der Waals surface area contributed by atoms with Gasteiger partial charge in [0.2, 0.25) is 0 Å². The Morgan fingerprint density at radius 2 is 1.96 bits per heavy atom. The van der Waals surface area contributed by atoms with E-state index < -0.39 is 0 Å². The van der Waals surface area contributed by atoms with E-state index in [1.807, 2.05) is 47.2 Å². The van der Waals surface area contributed by atoms with Crippen LogP contribution >= 0.6 is 22.9 Å². The molecule has 0 aliphatic rings. The monoisotopic (exact) mass is 381 g/mol. The first-order valence-corrected chi connectivity index (χ1v) is 9.42. The highest BCUT2D eigenvalue weighted by Crippen LogP contribution is 2.28. The number of aryl methyl sites for hydroxylation is 1. The number of carbonyl (C=O) groups excluding carboxylic acids is 1. The van der Waals surface area contributed by atoms with Crippen LogP contribution in [0.15, 0.2) is 60.2 Å². The fraction of sp³-hybridized carbons (Fsp3) is 0.100. The average Bonchev–Trinajstić information content (AvgIpc) is 3.26. The second-order valence-corrected chi connectivity index (χ2v) is 7.41. The summed E-state index contributed by atoms with van der Waals surface area (Å²) in [7, 11) is 0. The van der Waals surface area contributed by atoms with E-state index in [-0.39, 0.29) is 5.91 Å². The lowest BCUT2D eigenvalue weighted by molar-refractivity contribution is 0.0955. The number of hydrogen-bond acceptors (Lipinski definition) is 3. The van der Waals surface area contributed by atoms with Crippen LogP contribution in [0, 0.1) is 6.92 Å². The molecule has 3 aromatic heterocycles. The summed E-state index contributed by atoms with van der Waals surface area (Å²) in [6.07, 6.45) is 3.67. The molecule has 3 heterocycles. The number of rotatable bonds is 4. The number of benzene rings is 1. The Bertz CT molecular complexity index is 1080. The minimum atomic E-state index is -0.0920. The van der Waals surface area contributed by atoms with Crippen LogP contribution in [0.2, 0.25) is 5.02 Å². The summed E-state index contributed by atoms with van der Waals surface area (Å²) in [5, 5.41) is 5.55. The SMILES string of the molecule is Cc1ccc(-c2ccsc2C(=O)NCc2cn3cc(Cl)ccc3n2)cc1. The van der Waals surface area contributed by atoms with Crippen molar-refractivity contribution >= 4 is 34.5 Å². The number of thiophene rings is 1. The van der Waals surface area contributed by atoms with Crippen molar-refractivity contribution in [3.05, 3.63) is 81.4 Å².